The van der Waals surface area contributed by atoms with Crippen LogP contribution >= 0.6 is 0 Å². The van der Waals surface area contributed by atoms with Crippen molar-refractivity contribution in [2.45, 2.75) is 31.7 Å². The van der Waals surface area contributed by atoms with Crippen LogP contribution in [0.25, 0.3) is 0 Å². The third-order valence-electron chi connectivity index (χ3n) is 5.54. The van der Waals surface area contributed by atoms with Crippen LogP contribution in [0.15, 0.2) is 54.6 Å². The zero-order valence-corrected chi connectivity index (χ0v) is 16.6. The highest BCUT2D eigenvalue weighted by Gasteiger charge is 2.27. The van der Waals surface area contributed by atoms with E-state index in [2.05, 4.69) is 60.7 Å². The normalized spacial score (nSPS) is 15.5. The van der Waals surface area contributed by atoms with Crippen LogP contribution in [-0.2, 0) is 11.2 Å². The molecule has 1 saturated heterocycles. The summed E-state index contributed by atoms with van der Waals surface area (Å²) in [7, 11) is 4.12. The van der Waals surface area contributed by atoms with Gasteiger partial charge in [0.2, 0.25) is 5.91 Å². The number of anilines is 1. The summed E-state index contributed by atoms with van der Waals surface area (Å²) in [6, 6.07) is 19.4. The van der Waals surface area contributed by atoms with Crippen molar-refractivity contribution in [2.24, 2.45) is 0 Å². The molecule has 27 heavy (non-hydrogen) atoms. The predicted molar refractivity (Wildman–Crippen MR) is 111 cm³/mol. The Morgan fingerprint density at radius 2 is 1.70 bits per heavy atom. The van der Waals surface area contributed by atoms with E-state index in [-0.39, 0.29) is 5.91 Å². The first-order valence-electron chi connectivity index (χ1n) is 10.1. The maximum absolute atomic E-state index is 12.4. The summed E-state index contributed by atoms with van der Waals surface area (Å²) in [4.78, 5) is 16.1. The minimum absolute atomic E-state index is 0.146. The lowest BCUT2D eigenvalue weighted by molar-refractivity contribution is -0.918. The Kier molecular flexibility index (Phi) is 6.88. The molecule has 1 aliphatic rings. The Balaban J connectivity index is 1.59. The average Bonchev–Trinajstić information content (AvgIpc) is 3.22. The summed E-state index contributed by atoms with van der Waals surface area (Å²) in [6.07, 6.45) is 3.91. The van der Waals surface area contributed by atoms with Gasteiger partial charge in [-0.1, -0.05) is 42.5 Å². The van der Waals surface area contributed by atoms with E-state index in [9.17, 15) is 4.79 Å². The van der Waals surface area contributed by atoms with Crippen molar-refractivity contribution in [1.29, 1.82) is 0 Å². The van der Waals surface area contributed by atoms with Gasteiger partial charge in [0, 0.05) is 44.6 Å². The van der Waals surface area contributed by atoms with Crippen molar-refractivity contribution in [1.82, 2.24) is 5.32 Å². The predicted octanol–water partition coefficient (Wildman–Crippen LogP) is 2.22. The van der Waals surface area contributed by atoms with Gasteiger partial charge < -0.3 is 15.1 Å². The quantitative estimate of drug-likeness (QED) is 0.752. The first-order chi connectivity index (χ1) is 13.1. The fourth-order valence-electron chi connectivity index (χ4n) is 3.89. The van der Waals surface area contributed by atoms with E-state index >= 15 is 0 Å². The van der Waals surface area contributed by atoms with Crippen molar-refractivity contribution in [3.8, 4) is 0 Å². The molecule has 2 aromatic carbocycles. The molecule has 0 saturated carbocycles. The van der Waals surface area contributed by atoms with Gasteiger partial charge in [-0.05, 0) is 24.1 Å². The van der Waals surface area contributed by atoms with Gasteiger partial charge >= 0.3 is 0 Å². The maximum atomic E-state index is 12.4. The molecular formula is C23H32N3O+. The number of likely N-dealkylation sites (tertiary alicyclic amines) is 1. The van der Waals surface area contributed by atoms with Crippen LogP contribution in [0, 0.1) is 0 Å². The number of hydrogen-bond donors (Lipinski definition) is 2. The number of nitrogens with one attached hydrogen (secondary N) is 2. The van der Waals surface area contributed by atoms with Crippen molar-refractivity contribution < 1.29 is 9.69 Å². The average molecular weight is 367 g/mol. The molecule has 0 spiro atoms. The molecule has 4 nitrogen and oxygen atoms in total. The maximum Gasteiger partial charge on any atom is 0.220 e. The van der Waals surface area contributed by atoms with Crippen LogP contribution in [0.4, 0.5) is 5.69 Å². The molecule has 4 heteroatoms. The van der Waals surface area contributed by atoms with E-state index in [0.717, 1.165) is 6.42 Å². The summed E-state index contributed by atoms with van der Waals surface area (Å²) in [6.45, 7) is 3.10. The summed E-state index contributed by atoms with van der Waals surface area (Å²) >= 11 is 0. The van der Waals surface area contributed by atoms with E-state index in [1.54, 1.807) is 4.90 Å². The van der Waals surface area contributed by atoms with Gasteiger partial charge in [0.15, 0.2) is 0 Å². The van der Waals surface area contributed by atoms with Crippen LogP contribution in [0.5, 0.6) is 0 Å². The molecule has 2 aromatic rings. The molecule has 3 rings (SSSR count). The summed E-state index contributed by atoms with van der Waals surface area (Å²) in [5.74, 6) is 0.146. The Bertz CT molecular complexity index is 706. The molecule has 1 fully saturated rings. The molecule has 1 amide bonds. The minimum atomic E-state index is 0.146. The molecule has 2 N–H and O–H groups in total. The van der Waals surface area contributed by atoms with Crippen LogP contribution in [0.1, 0.15) is 36.4 Å². The molecule has 0 bridgehead atoms. The van der Waals surface area contributed by atoms with Gasteiger partial charge in [-0.15, -0.1) is 0 Å². The Hall–Kier alpha value is -2.33. The van der Waals surface area contributed by atoms with Crippen molar-refractivity contribution in [3.63, 3.8) is 0 Å². The monoisotopic (exact) mass is 366 g/mol. The summed E-state index contributed by atoms with van der Waals surface area (Å²) in [5.41, 5.74) is 3.75. The number of aryl methyl sites for hydroxylation is 1. The van der Waals surface area contributed by atoms with Crippen LogP contribution in [0.3, 0.4) is 0 Å². The van der Waals surface area contributed by atoms with Gasteiger partial charge in [0.1, 0.15) is 6.04 Å². The van der Waals surface area contributed by atoms with E-state index in [4.69, 9.17) is 0 Å². The van der Waals surface area contributed by atoms with Crippen LogP contribution in [0.2, 0.25) is 0 Å². The van der Waals surface area contributed by atoms with E-state index in [1.165, 1.54) is 42.7 Å². The van der Waals surface area contributed by atoms with Crippen molar-refractivity contribution in [2.75, 3.05) is 38.6 Å². The molecule has 1 atom stereocenters. The zero-order chi connectivity index (χ0) is 19.1. The summed E-state index contributed by atoms with van der Waals surface area (Å²) in [5, 5.41) is 3.20. The number of hydrogen-bond acceptors (Lipinski definition) is 2. The molecule has 0 aliphatic carbocycles. The van der Waals surface area contributed by atoms with Crippen molar-refractivity contribution in [3.05, 3.63) is 65.7 Å². The van der Waals surface area contributed by atoms with Crippen molar-refractivity contribution >= 4 is 11.6 Å². The van der Waals surface area contributed by atoms with E-state index in [0.29, 0.717) is 19.0 Å². The number of benzene rings is 2. The molecular weight excluding hydrogens is 334 g/mol. The first-order valence-corrected chi connectivity index (χ1v) is 10.1. The second-order valence-corrected chi connectivity index (χ2v) is 7.69. The molecule has 1 aliphatic heterocycles. The van der Waals surface area contributed by atoms with Gasteiger partial charge in [-0.3, -0.25) is 4.79 Å². The molecule has 0 aromatic heterocycles. The molecule has 1 heterocycles. The molecule has 144 valence electrons. The largest absolute Gasteiger partial charge is 0.378 e. The van der Waals surface area contributed by atoms with Gasteiger partial charge in [0.25, 0.3) is 0 Å². The highest BCUT2D eigenvalue weighted by atomic mass is 16.1. The fraction of sp³-hybridized carbons (Fsp3) is 0.435. The first kappa shape index (κ1) is 19.4. The van der Waals surface area contributed by atoms with E-state index in [1.807, 2.05) is 18.2 Å². The highest BCUT2D eigenvalue weighted by molar-refractivity contribution is 5.76. The van der Waals surface area contributed by atoms with Gasteiger partial charge in [-0.2, -0.15) is 0 Å². The third-order valence-corrected chi connectivity index (χ3v) is 5.54. The Labute approximate surface area is 163 Å². The number of nitrogens with zero attached hydrogens (tertiary/aromatic N) is 1. The number of carbonyl (C=O) groups is 1. The SMILES string of the molecule is CN(C)c1ccc([C@H](CNC(=O)CCc2ccccc2)[NH+]2CCCC2)cc1. The lowest BCUT2D eigenvalue weighted by atomic mass is 10.0. The minimum Gasteiger partial charge on any atom is -0.378 e. The van der Waals surface area contributed by atoms with Crippen LogP contribution < -0.4 is 15.1 Å². The zero-order valence-electron chi connectivity index (χ0n) is 16.6. The summed E-state index contributed by atoms with van der Waals surface area (Å²) < 4.78 is 0. The fourth-order valence-corrected chi connectivity index (χ4v) is 3.89. The second-order valence-electron chi connectivity index (χ2n) is 7.69. The standard InChI is InChI=1S/C23H31N3O/c1-25(2)21-13-11-20(12-14-21)22(26-16-6-7-17-26)18-24-23(27)15-10-19-8-4-3-5-9-19/h3-5,8-9,11-14,22H,6-7,10,15-18H2,1-2H3,(H,24,27)/p+1/t22-/m0/s1. The lowest BCUT2D eigenvalue weighted by Crippen LogP contribution is -3.11. The number of rotatable bonds is 8. The number of carbonyl (C=O) groups excluding carboxylic acids is 1. The van der Waals surface area contributed by atoms with Gasteiger partial charge in [-0.25, -0.2) is 0 Å². The van der Waals surface area contributed by atoms with Gasteiger partial charge in [0.05, 0.1) is 19.6 Å². The number of amides is 1. The second kappa shape index (κ2) is 9.56. The van der Waals surface area contributed by atoms with Crippen LogP contribution in [-0.4, -0.2) is 39.6 Å². The highest BCUT2D eigenvalue weighted by Crippen LogP contribution is 2.17. The van der Waals surface area contributed by atoms with E-state index < -0.39 is 0 Å². The Morgan fingerprint density at radius 3 is 2.33 bits per heavy atom. The topological polar surface area (TPSA) is 36.8 Å². The smallest absolute Gasteiger partial charge is 0.220 e. The third kappa shape index (κ3) is 5.57. The lowest BCUT2D eigenvalue weighted by Gasteiger charge is -2.26. The number of quaternary nitrogens is 1. The Morgan fingerprint density at radius 1 is 1.04 bits per heavy atom. The molecule has 0 radical (unpaired) electrons. The molecule has 0 unspecified atom stereocenters.